The number of hydrogen-bond acceptors (Lipinski definition) is 3. The predicted molar refractivity (Wildman–Crippen MR) is 73.1 cm³/mol. The Bertz CT molecular complexity index is 269. The van der Waals surface area contributed by atoms with Crippen LogP contribution in [0.2, 0.25) is 0 Å². The highest BCUT2D eigenvalue weighted by Gasteiger charge is 2.18. The summed E-state index contributed by atoms with van der Waals surface area (Å²) in [6, 6.07) is -1.26. The maximum Gasteiger partial charge on any atom is 0.326 e. The van der Waals surface area contributed by atoms with E-state index >= 15 is 0 Å². The fraction of sp³-hybridized carbons (Fsp3) is 0.846. The molecule has 0 heterocycles. The van der Waals surface area contributed by atoms with Crippen LogP contribution < -0.4 is 10.6 Å². The molecule has 3 N–H and O–H groups in total. The Kier molecular flexibility index (Phi) is 9.88. The smallest absolute Gasteiger partial charge is 0.326 e. The first-order valence-electron chi connectivity index (χ1n) is 6.82. The highest BCUT2D eigenvalue weighted by atomic mass is 16.5. The molecule has 6 nitrogen and oxygen atoms in total. The van der Waals surface area contributed by atoms with Crippen molar-refractivity contribution in [3.63, 3.8) is 0 Å². The number of carboxylic acids is 1. The van der Waals surface area contributed by atoms with Gasteiger partial charge >= 0.3 is 12.0 Å². The monoisotopic (exact) mass is 274 g/mol. The number of rotatable bonds is 10. The average Bonchev–Trinajstić information content (AvgIpc) is 2.32. The van der Waals surface area contributed by atoms with E-state index in [-0.39, 0.29) is 0 Å². The van der Waals surface area contributed by atoms with E-state index in [0.717, 1.165) is 0 Å². The Labute approximate surface area is 114 Å². The van der Waals surface area contributed by atoms with Crippen molar-refractivity contribution in [2.24, 2.45) is 5.92 Å². The molecular weight excluding hydrogens is 248 g/mol. The first-order chi connectivity index (χ1) is 8.97. The number of carbonyl (C=O) groups is 2. The van der Waals surface area contributed by atoms with E-state index in [0.29, 0.717) is 44.9 Å². The third kappa shape index (κ3) is 10.3. The van der Waals surface area contributed by atoms with Crippen LogP contribution in [0.3, 0.4) is 0 Å². The van der Waals surface area contributed by atoms with Crippen molar-refractivity contribution in [1.29, 1.82) is 0 Å². The summed E-state index contributed by atoms with van der Waals surface area (Å²) in [5.74, 6) is -0.501. The molecule has 0 spiro atoms. The van der Waals surface area contributed by atoms with Crippen molar-refractivity contribution in [3.8, 4) is 0 Å². The van der Waals surface area contributed by atoms with Gasteiger partial charge in [-0.05, 0) is 18.8 Å². The van der Waals surface area contributed by atoms with Crippen LogP contribution in [0.1, 0.15) is 40.0 Å². The normalized spacial score (nSPS) is 12.2. The second-order valence-corrected chi connectivity index (χ2v) is 4.90. The van der Waals surface area contributed by atoms with E-state index in [9.17, 15) is 9.59 Å². The van der Waals surface area contributed by atoms with Crippen LogP contribution in [0, 0.1) is 5.92 Å². The molecule has 0 radical (unpaired) electrons. The minimum Gasteiger partial charge on any atom is -0.480 e. The quantitative estimate of drug-likeness (QED) is 0.528. The third-order valence-electron chi connectivity index (χ3n) is 2.38. The summed E-state index contributed by atoms with van der Waals surface area (Å²) < 4.78 is 5.37. The van der Waals surface area contributed by atoms with Gasteiger partial charge in [-0.3, -0.25) is 0 Å². The second kappa shape index (κ2) is 10.6. The lowest BCUT2D eigenvalue weighted by molar-refractivity contribution is -0.139. The average molecular weight is 274 g/mol. The SMILES string of the molecule is CCC[C@@H](NC(=O)NCCCOCC(C)C)C(=O)O. The van der Waals surface area contributed by atoms with Crippen molar-refractivity contribution < 1.29 is 19.4 Å². The van der Waals surface area contributed by atoms with E-state index in [1.807, 2.05) is 6.92 Å². The van der Waals surface area contributed by atoms with Crippen molar-refractivity contribution in [2.45, 2.75) is 46.1 Å². The molecule has 0 bridgehead atoms. The molecule has 0 rings (SSSR count). The molecule has 0 aliphatic heterocycles. The number of amides is 2. The Morgan fingerprint density at radius 2 is 2.00 bits per heavy atom. The third-order valence-corrected chi connectivity index (χ3v) is 2.38. The Morgan fingerprint density at radius 3 is 2.53 bits per heavy atom. The summed E-state index contributed by atoms with van der Waals surface area (Å²) in [7, 11) is 0. The molecule has 0 unspecified atom stereocenters. The van der Waals surface area contributed by atoms with Crippen LogP contribution >= 0.6 is 0 Å². The highest BCUT2D eigenvalue weighted by Crippen LogP contribution is 1.96. The van der Waals surface area contributed by atoms with Gasteiger partial charge in [-0.25, -0.2) is 9.59 Å². The zero-order chi connectivity index (χ0) is 14.7. The van der Waals surface area contributed by atoms with Crippen molar-refractivity contribution >= 4 is 12.0 Å². The Balaban J connectivity index is 3.65. The van der Waals surface area contributed by atoms with Crippen LogP contribution in [0.5, 0.6) is 0 Å². The van der Waals surface area contributed by atoms with Crippen LogP contribution in [-0.2, 0) is 9.53 Å². The predicted octanol–water partition coefficient (Wildman–Crippen LogP) is 1.60. The van der Waals surface area contributed by atoms with Crippen molar-refractivity contribution in [1.82, 2.24) is 10.6 Å². The molecule has 0 saturated carbocycles. The lowest BCUT2D eigenvalue weighted by Crippen LogP contribution is -2.46. The number of carbonyl (C=O) groups excluding carboxylic acids is 1. The molecule has 0 aromatic carbocycles. The standard InChI is InChI=1S/C13H26N2O4/c1-4-6-11(12(16)17)15-13(18)14-7-5-8-19-9-10(2)3/h10-11H,4-9H2,1-3H3,(H,16,17)(H2,14,15,18)/t11-/m1/s1. The maximum absolute atomic E-state index is 11.4. The van der Waals surface area contributed by atoms with Gasteiger partial charge in [0.1, 0.15) is 6.04 Å². The molecule has 0 aromatic rings. The summed E-state index contributed by atoms with van der Waals surface area (Å²) in [6.45, 7) is 7.81. The lowest BCUT2D eigenvalue weighted by atomic mass is 10.2. The number of ether oxygens (including phenoxy) is 1. The van der Waals surface area contributed by atoms with Gasteiger partial charge in [-0.15, -0.1) is 0 Å². The van der Waals surface area contributed by atoms with E-state index in [4.69, 9.17) is 9.84 Å². The van der Waals surface area contributed by atoms with E-state index in [1.54, 1.807) is 0 Å². The first kappa shape index (κ1) is 17.7. The Morgan fingerprint density at radius 1 is 1.32 bits per heavy atom. The van der Waals surface area contributed by atoms with Gasteiger partial charge < -0.3 is 20.5 Å². The van der Waals surface area contributed by atoms with Gasteiger partial charge in [-0.2, -0.15) is 0 Å². The molecule has 0 fully saturated rings. The fourth-order valence-corrected chi connectivity index (χ4v) is 1.45. The molecule has 6 heteroatoms. The summed E-state index contributed by atoms with van der Waals surface area (Å²) >= 11 is 0. The molecular formula is C13H26N2O4. The Hall–Kier alpha value is -1.30. The largest absolute Gasteiger partial charge is 0.480 e. The van der Waals surface area contributed by atoms with Gasteiger partial charge in [0.15, 0.2) is 0 Å². The number of nitrogens with one attached hydrogen (secondary N) is 2. The number of aliphatic carboxylic acids is 1. The van der Waals surface area contributed by atoms with Crippen molar-refractivity contribution in [3.05, 3.63) is 0 Å². The number of hydrogen-bond donors (Lipinski definition) is 3. The van der Waals surface area contributed by atoms with Crippen LogP contribution in [0.4, 0.5) is 4.79 Å². The van der Waals surface area contributed by atoms with Crippen LogP contribution in [0.15, 0.2) is 0 Å². The van der Waals surface area contributed by atoms with E-state index < -0.39 is 18.0 Å². The van der Waals surface area contributed by atoms with Gasteiger partial charge in [0.25, 0.3) is 0 Å². The number of urea groups is 1. The molecule has 0 aliphatic rings. The lowest BCUT2D eigenvalue weighted by Gasteiger charge is -2.14. The van der Waals surface area contributed by atoms with Gasteiger partial charge in [-0.1, -0.05) is 27.2 Å². The van der Waals surface area contributed by atoms with Gasteiger partial charge in [0.05, 0.1) is 0 Å². The zero-order valence-electron chi connectivity index (χ0n) is 12.1. The minimum absolute atomic E-state index is 0.431. The van der Waals surface area contributed by atoms with Crippen LogP contribution in [0.25, 0.3) is 0 Å². The second-order valence-electron chi connectivity index (χ2n) is 4.90. The molecule has 0 saturated heterocycles. The van der Waals surface area contributed by atoms with E-state index in [1.165, 1.54) is 0 Å². The van der Waals surface area contributed by atoms with Crippen LogP contribution in [-0.4, -0.2) is 42.9 Å². The maximum atomic E-state index is 11.4. The summed E-state index contributed by atoms with van der Waals surface area (Å²) in [5.41, 5.74) is 0. The molecule has 0 aliphatic carbocycles. The zero-order valence-corrected chi connectivity index (χ0v) is 12.1. The minimum atomic E-state index is -1.00. The molecule has 1 atom stereocenters. The van der Waals surface area contributed by atoms with Gasteiger partial charge in [0.2, 0.25) is 0 Å². The topological polar surface area (TPSA) is 87.7 Å². The summed E-state index contributed by atoms with van der Waals surface area (Å²) in [4.78, 5) is 22.3. The summed E-state index contributed by atoms with van der Waals surface area (Å²) in [6.07, 6.45) is 1.85. The molecule has 112 valence electrons. The fourth-order valence-electron chi connectivity index (χ4n) is 1.45. The van der Waals surface area contributed by atoms with Gasteiger partial charge in [0, 0.05) is 19.8 Å². The summed E-state index contributed by atoms with van der Waals surface area (Å²) in [5, 5.41) is 13.9. The highest BCUT2D eigenvalue weighted by molar-refractivity contribution is 5.82. The molecule has 2 amide bonds. The van der Waals surface area contributed by atoms with E-state index in [2.05, 4.69) is 24.5 Å². The van der Waals surface area contributed by atoms with Crippen molar-refractivity contribution in [2.75, 3.05) is 19.8 Å². The molecule has 19 heavy (non-hydrogen) atoms. The molecule has 0 aromatic heterocycles. The number of carboxylic acid groups (broad SMARTS) is 1. The first-order valence-corrected chi connectivity index (χ1v) is 6.82.